The molecule has 1 amide bonds. The van der Waals surface area contributed by atoms with E-state index >= 15 is 0 Å². The van der Waals surface area contributed by atoms with Crippen LogP contribution in [0, 0.1) is 0 Å². The van der Waals surface area contributed by atoms with Crippen molar-refractivity contribution in [2.75, 3.05) is 11.5 Å². The first-order valence-electron chi connectivity index (χ1n) is 8.80. The van der Waals surface area contributed by atoms with Gasteiger partial charge in [0, 0.05) is 12.6 Å². The summed E-state index contributed by atoms with van der Waals surface area (Å²) in [5.41, 5.74) is 3.27. The number of thioether (sulfide) groups is 1. The number of nitrogens with zero attached hydrogens (tertiary/aromatic N) is 1. The van der Waals surface area contributed by atoms with Gasteiger partial charge < -0.3 is 9.88 Å². The number of aromatic nitrogens is 1. The Bertz CT molecular complexity index is 847. The van der Waals surface area contributed by atoms with Crippen LogP contribution in [-0.4, -0.2) is 28.0 Å². The van der Waals surface area contributed by atoms with E-state index < -0.39 is 0 Å². The molecular formula is C20H22N2OS2. The number of rotatable bonds is 5. The molecule has 1 fully saturated rings. The number of carbonyl (C=O) groups excluding carboxylic acids is 1. The van der Waals surface area contributed by atoms with E-state index in [1.54, 1.807) is 11.3 Å². The minimum Gasteiger partial charge on any atom is -0.348 e. The van der Waals surface area contributed by atoms with Crippen molar-refractivity contribution in [2.24, 2.45) is 0 Å². The average molecular weight is 371 g/mol. The van der Waals surface area contributed by atoms with Crippen molar-refractivity contribution in [1.29, 1.82) is 0 Å². The van der Waals surface area contributed by atoms with E-state index in [1.807, 2.05) is 17.8 Å². The van der Waals surface area contributed by atoms with Gasteiger partial charge in [-0.2, -0.15) is 11.8 Å². The lowest BCUT2D eigenvalue weighted by atomic mass is 10.1. The van der Waals surface area contributed by atoms with Crippen molar-refractivity contribution < 1.29 is 4.79 Å². The molecule has 1 N–H and O–H groups in total. The molecule has 0 saturated carbocycles. The molecule has 0 bridgehead atoms. The van der Waals surface area contributed by atoms with E-state index in [9.17, 15) is 4.79 Å². The van der Waals surface area contributed by atoms with E-state index in [2.05, 4.69) is 51.7 Å². The van der Waals surface area contributed by atoms with Gasteiger partial charge in [-0.3, -0.25) is 4.79 Å². The van der Waals surface area contributed by atoms with Crippen LogP contribution in [0.2, 0.25) is 0 Å². The largest absolute Gasteiger partial charge is 0.348 e. The highest BCUT2D eigenvalue weighted by Gasteiger charge is 2.21. The molecule has 0 aliphatic carbocycles. The zero-order chi connectivity index (χ0) is 17.1. The van der Waals surface area contributed by atoms with Crippen LogP contribution in [-0.2, 0) is 13.0 Å². The summed E-state index contributed by atoms with van der Waals surface area (Å²) in [4.78, 5) is 12.9. The molecule has 0 spiro atoms. The molecular weight excluding hydrogens is 348 g/mol. The van der Waals surface area contributed by atoms with Gasteiger partial charge in [-0.05, 0) is 53.8 Å². The molecule has 130 valence electrons. The second kappa shape index (κ2) is 7.67. The third-order valence-corrected chi connectivity index (χ3v) is 6.68. The fourth-order valence-electron chi connectivity index (χ4n) is 3.39. The number of carbonyl (C=O) groups is 1. The van der Waals surface area contributed by atoms with Crippen LogP contribution in [0.4, 0.5) is 0 Å². The first-order chi connectivity index (χ1) is 12.3. The number of amides is 1. The van der Waals surface area contributed by atoms with E-state index in [1.165, 1.54) is 15.8 Å². The Hall–Kier alpha value is -1.72. The van der Waals surface area contributed by atoms with Crippen LogP contribution in [0.1, 0.15) is 28.9 Å². The maximum absolute atomic E-state index is 12.9. The summed E-state index contributed by atoms with van der Waals surface area (Å²) >= 11 is 3.68. The van der Waals surface area contributed by atoms with Gasteiger partial charge in [0.15, 0.2) is 0 Å². The molecule has 3 nitrogen and oxygen atoms in total. The summed E-state index contributed by atoms with van der Waals surface area (Å²) in [6.07, 6.45) is 3.09. The molecule has 1 aliphatic heterocycles. The molecule has 0 atom stereocenters. The molecule has 4 rings (SSSR count). The summed E-state index contributed by atoms with van der Waals surface area (Å²) in [6, 6.07) is 15.0. The summed E-state index contributed by atoms with van der Waals surface area (Å²) in [5, 5.41) is 5.36. The topological polar surface area (TPSA) is 34.0 Å². The predicted octanol–water partition coefficient (Wildman–Crippen LogP) is 4.57. The molecule has 25 heavy (non-hydrogen) atoms. The smallest absolute Gasteiger partial charge is 0.268 e. The first kappa shape index (κ1) is 16.7. The number of hydrogen-bond donors (Lipinski definition) is 1. The maximum atomic E-state index is 12.9. The van der Waals surface area contributed by atoms with Gasteiger partial charge in [-0.1, -0.05) is 30.3 Å². The molecule has 1 aromatic carbocycles. The first-order valence-corrected chi connectivity index (χ1v) is 10.8. The SMILES string of the molecule is O=C(NC1CCSCC1)c1cc2sccc2n1CCc1ccccc1. The lowest BCUT2D eigenvalue weighted by Gasteiger charge is -2.23. The van der Waals surface area contributed by atoms with Crippen molar-refractivity contribution >= 4 is 39.2 Å². The zero-order valence-electron chi connectivity index (χ0n) is 14.1. The predicted molar refractivity (Wildman–Crippen MR) is 108 cm³/mol. The van der Waals surface area contributed by atoms with Gasteiger partial charge in [0.2, 0.25) is 0 Å². The van der Waals surface area contributed by atoms with E-state index in [0.29, 0.717) is 6.04 Å². The van der Waals surface area contributed by atoms with Gasteiger partial charge >= 0.3 is 0 Å². The molecule has 0 radical (unpaired) electrons. The molecule has 2 aromatic heterocycles. The maximum Gasteiger partial charge on any atom is 0.268 e. The van der Waals surface area contributed by atoms with Crippen LogP contribution in [0.25, 0.3) is 10.2 Å². The van der Waals surface area contributed by atoms with Gasteiger partial charge in [0.25, 0.3) is 5.91 Å². The Kier molecular flexibility index (Phi) is 5.13. The molecule has 1 saturated heterocycles. The molecule has 1 aliphatic rings. The lowest BCUT2D eigenvalue weighted by molar-refractivity contribution is 0.0926. The van der Waals surface area contributed by atoms with Gasteiger partial charge in [0.05, 0.1) is 10.2 Å². The summed E-state index contributed by atoms with van der Waals surface area (Å²) < 4.78 is 3.38. The fourth-order valence-corrected chi connectivity index (χ4v) is 5.32. The second-order valence-corrected chi connectivity index (χ2v) is 8.62. The van der Waals surface area contributed by atoms with Crippen LogP contribution in [0.15, 0.2) is 47.8 Å². The number of hydrogen-bond acceptors (Lipinski definition) is 3. The highest BCUT2D eigenvalue weighted by molar-refractivity contribution is 7.99. The number of benzene rings is 1. The number of nitrogens with one attached hydrogen (secondary N) is 1. The van der Waals surface area contributed by atoms with E-state index in [4.69, 9.17) is 0 Å². The Morgan fingerprint density at radius 2 is 1.96 bits per heavy atom. The third-order valence-electron chi connectivity index (χ3n) is 4.78. The normalized spacial score (nSPS) is 15.5. The van der Waals surface area contributed by atoms with Crippen LogP contribution in [0.5, 0.6) is 0 Å². The zero-order valence-corrected chi connectivity index (χ0v) is 15.7. The average Bonchev–Trinajstić information content (AvgIpc) is 3.23. The molecule has 0 unspecified atom stereocenters. The molecule has 3 heterocycles. The number of thiophene rings is 1. The lowest BCUT2D eigenvalue weighted by Crippen LogP contribution is -2.38. The Balaban J connectivity index is 1.55. The standard InChI is InChI=1S/C20H22N2OS2/c23-20(21-16-7-11-24-12-8-16)18-14-19-17(9-13-25-19)22(18)10-6-15-4-2-1-3-5-15/h1-5,9,13-14,16H,6-8,10-12H2,(H,21,23). The van der Waals surface area contributed by atoms with Crippen molar-refractivity contribution in [3.8, 4) is 0 Å². The Morgan fingerprint density at radius 1 is 1.16 bits per heavy atom. The Labute approximate surface area is 156 Å². The van der Waals surface area contributed by atoms with Crippen LogP contribution >= 0.6 is 23.1 Å². The minimum absolute atomic E-state index is 0.0772. The summed E-state index contributed by atoms with van der Waals surface area (Å²) in [6.45, 7) is 0.827. The van der Waals surface area contributed by atoms with Crippen molar-refractivity contribution in [3.63, 3.8) is 0 Å². The summed E-state index contributed by atoms with van der Waals surface area (Å²) in [5.74, 6) is 2.37. The van der Waals surface area contributed by atoms with E-state index in [0.717, 1.165) is 43.0 Å². The molecule has 5 heteroatoms. The third kappa shape index (κ3) is 3.77. The van der Waals surface area contributed by atoms with Gasteiger partial charge in [-0.15, -0.1) is 11.3 Å². The number of aryl methyl sites for hydroxylation is 2. The van der Waals surface area contributed by atoms with Crippen LogP contribution < -0.4 is 5.32 Å². The van der Waals surface area contributed by atoms with Gasteiger partial charge in [-0.25, -0.2) is 0 Å². The highest BCUT2D eigenvalue weighted by atomic mass is 32.2. The van der Waals surface area contributed by atoms with E-state index in [-0.39, 0.29) is 5.91 Å². The monoisotopic (exact) mass is 370 g/mol. The number of fused-ring (bicyclic) bond motifs is 1. The van der Waals surface area contributed by atoms with Gasteiger partial charge in [0.1, 0.15) is 5.69 Å². The summed E-state index contributed by atoms with van der Waals surface area (Å²) in [7, 11) is 0. The van der Waals surface area contributed by atoms with Crippen molar-refractivity contribution in [3.05, 3.63) is 59.1 Å². The quantitative estimate of drug-likeness (QED) is 0.714. The minimum atomic E-state index is 0.0772. The van der Waals surface area contributed by atoms with Crippen LogP contribution in [0.3, 0.4) is 0 Å². The fraction of sp³-hybridized carbons (Fsp3) is 0.350. The Morgan fingerprint density at radius 3 is 2.76 bits per heavy atom. The molecule has 3 aromatic rings. The second-order valence-electron chi connectivity index (χ2n) is 6.45. The highest BCUT2D eigenvalue weighted by Crippen LogP contribution is 2.26. The van der Waals surface area contributed by atoms with Crippen molar-refractivity contribution in [2.45, 2.75) is 31.8 Å². The van der Waals surface area contributed by atoms with Crippen molar-refractivity contribution in [1.82, 2.24) is 9.88 Å².